The first kappa shape index (κ1) is 16.1. The zero-order valence-corrected chi connectivity index (χ0v) is 14.2. The molecule has 0 aliphatic carbocycles. The van der Waals surface area contributed by atoms with Crippen molar-refractivity contribution in [1.82, 2.24) is 9.38 Å². The summed E-state index contributed by atoms with van der Waals surface area (Å²) >= 11 is 12.4. The van der Waals surface area contributed by atoms with Gasteiger partial charge in [0.05, 0.1) is 28.0 Å². The molecule has 4 nitrogen and oxygen atoms in total. The minimum absolute atomic E-state index is 0.516. The Morgan fingerprint density at radius 1 is 1.22 bits per heavy atom. The number of aromatic nitrogens is 2. The van der Waals surface area contributed by atoms with Crippen LogP contribution in [0.2, 0.25) is 10.0 Å². The molecular weight excluding hydrogens is 333 g/mol. The van der Waals surface area contributed by atoms with Crippen LogP contribution in [-0.4, -0.2) is 22.5 Å². The molecule has 0 spiro atoms. The van der Waals surface area contributed by atoms with E-state index in [0.717, 1.165) is 22.7 Å². The molecule has 3 rings (SSSR count). The lowest BCUT2D eigenvalue weighted by Crippen LogP contribution is -2.06. The first-order valence-corrected chi connectivity index (χ1v) is 8.19. The second kappa shape index (κ2) is 6.79. The monoisotopic (exact) mass is 349 g/mol. The summed E-state index contributed by atoms with van der Waals surface area (Å²) in [5, 5.41) is 1.09. The molecule has 0 unspecified atom stereocenters. The highest BCUT2D eigenvalue weighted by Gasteiger charge is 2.16. The van der Waals surface area contributed by atoms with Gasteiger partial charge in [-0.2, -0.15) is 0 Å². The molecule has 0 bridgehead atoms. The molecule has 0 atom stereocenters. The minimum atomic E-state index is 0.516. The van der Waals surface area contributed by atoms with Crippen molar-refractivity contribution < 1.29 is 4.74 Å². The lowest BCUT2D eigenvalue weighted by atomic mass is 10.1. The Balaban J connectivity index is 2.15. The standard InChI is InChI=1S/C17H17Cl2N3O/c1-2-23-13-5-3-11(4-6-13)16-15(7-8-20)22-10-12(18)9-14(19)17(22)21-16/h3-6,9-10H,2,7-8,20H2,1H3. The van der Waals surface area contributed by atoms with Crippen molar-refractivity contribution in [2.45, 2.75) is 13.3 Å². The van der Waals surface area contributed by atoms with Crippen molar-refractivity contribution >= 4 is 28.8 Å². The molecule has 2 heterocycles. The van der Waals surface area contributed by atoms with Crippen LogP contribution >= 0.6 is 23.2 Å². The quantitative estimate of drug-likeness (QED) is 0.750. The number of hydrogen-bond acceptors (Lipinski definition) is 3. The number of rotatable bonds is 5. The van der Waals surface area contributed by atoms with Crippen LogP contribution in [0.4, 0.5) is 0 Å². The van der Waals surface area contributed by atoms with E-state index in [2.05, 4.69) is 0 Å². The molecule has 0 amide bonds. The molecule has 0 aliphatic heterocycles. The summed E-state index contributed by atoms with van der Waals surface area (Å²) in [6, 6.07) is 9.54. The van der Waals surface area contributed by atoms with Gasteiger partial charge in [-0.05, 0) is 43.8 Å². The topological polar surface area (TPSA) is 52.5 Å². The molecule has 120 valence electrons. The lowest BCUT2D eigenvalue weighted by molar-refractivity contribution is 0.340. The number of ether oxygens (including phenoxy) is 1. The van der Waals surface area contributed by atoms with Crippen LogP contribution in [0.3, 0.4) is 0 Å². The molecule has 0 saturated carbocycles. The van der Waals surface area contributed by atoms with Crippen molar-refractivity contribution in [2.24, 2.45) is 5.73 Å². The molecule has 6 heteroatoms. The number of halogens is 2. The number of hydrogen-bond donors (Lipinski definition) is 1. The first-order valence-electron chi connectivity index (χ1n) is 7.43. The maximum atomic E-state index is 6.28. The second-order valence-corrected chi connectivity index (χ2v) is 5.95. The highest BCUT2D eigenvalue weighted by Crippen LogP contribution is 2.30. The van der Waals surface area contributed by atoms with Gasteiger partial charge in [0.2, 0.25) is 0 Å². The van der Waals surface area contributed by atoms with Gasteiger partial charge in [0.15, 0.2) is 5.65 Å². The molecule has 2 N–H and O–H groups in total. The maximum Gasteiger partial charge on any atom is 0.156 e. The van der Waals surface area contributed by atoms with E-state index in [9.17, 15) is 0 Å². The van der Waals surface area contributed by atoms with Crippen molar-refractivity contribution in [3.05, 3.63) is 52.3 Å². The van der Waals surface area contributed by atoms with Gasteiger partial charge < -0.3 is 14.9 Å². The van der Waals surface area contributed by atoms with E-state index in [4.69, 9.17) is 38.7 Å². The molecule has 1 aromatic carbocycles. The summed E-state index contributed by atoms with van der Waals surface area (Å²) in [5.74, 6) is 0.835. The van der Waals surface area contributed by atoms with Gasteiger partial charge in [0.1, 0.15) is 5.75 Å². The zero-order chi connectivity index (χ0) is 16.4. The van der Waals surface area contributed by atoms with Gasteiger partial charge in [-0.15, -0.1) is 0 Å². The molecule has 0 saturated heterocycles. The van der Waals surface area contributed by atoms with Gasteiger partial charge in [-0.3, -0.25) is 0 Å². The third-order valence-corrected chi connectivity index (χ3v) is 4.05. The van der Waals surface area contributed by atoms with Crippen molar-refractivity contribution in [1.29, 1.82) is 0 Å². The molecule has 23 heavy (non-hydrogen) atoms. The Bertz CT molecular complexity index is 828. The molecule has 3 aromatic rings. The highest BCUT2D eigenvalue weighted by molar-refractivity contribution is 6.36. The molecule has 2 aromatic heterocycles. The smallest absolute Gasteiger partial charge is 0.156 e. The predicted molar refractivity (Wildman–Crippen MR) is 94.6 cm³/mol. The SMILES string of the molecule is CCOc1ccc(-c2nc3c(Cl)cc(Cl)cn3c2CCN)cc1. The number of fused-ring (bicyclic) bond motifs is 1. The van der Waals surface area contributed by atoms with Crippen molar-refractivity contribution in [2.75, 3.05) is 13.2 Å². The zero-order valence-electron chi connectivity index (χ0n) is 12.7. The van der Waals surface area contributed by atoms with Crippen molar-refractivity contribution in [3.63, 3.8) is 0 Å². The largest absolute Gasteiger partial charge is 0.494 e. The van der Waals surface area contributed by atoms with Gasteiger partial charge in [-0.25, -0.2) is 4.98 Å². The van der Waals surface area contributed by atoms with E-state index in [-0.39, 0.29) is 0 Å². The first-order chi connectivity index (χ1) is 11.1. The fourth-order valence-corrected chi connectivity index (χ4v) is 3.12. The van der Waals surface area contributed by atoms with Crippen molar-refractivity contribution in [3.8, 4) is 17.0 Å². The van der Waals surface area contributed by atoms with Crippen LogP contribution < -0.4 is 10.5 Å². The van der Waals surface area contributed by atoms with E-state index in [1.807, 2.05) is 41.8 Å². The number of nitrogens with two attached hydrogens (primary N) is 1. The second-order valence-electron chi connectivity index (χ2n) is 5.10. The van der Waals surface area contributed by atoms with Crippen LogP contribution in [0, 0.1) is 0 Å². The molecule has 0 fully saturated rings. The van der Waals surface area contributed by atoms with Crippen LogP contribution in [0.25, 0.3) is 16.9 Å². The van der Waals surface area contributed by atoms with Gasteiger partial charge in [-0.1, -0.05) is 23.2 Å². The van der Waals surface area contributed by atoms with Crippen LogP contribution in [-0.2, 0) is 6.42 Å². The van der Waals surface area contributed by atoms with E-state index in [1.54, 1.807) is 6.07 Å². The van der Waals surface area contributed by atoms with Gasteiger partial charge in [0.25, 0.3) is 0 Å². The van der Waals surface area contributed by atoms with Crippen LogP contribution in [0.1, 0.15) is 12.6 Å². The van der Waals surface area contributed by atoms with E-state index < -0.39 is 0 Å². The van der Waals surface area contributed by atoms with E-state index in [0.29, 0.717) is 35.3 Å². The Morgan fingerprint density at radius 2 is 1.96 bits per heavy atom. The Morgan fingerprint density at radius 3 is 2.61 bits per heavy atom. The highest BCUT2D eigenvalue weighted by atomic mass is 35.5. The van der Waals surface area contributed by atoms with Gasteiger partial charge >= 0.3 is 0 Å². The number of nitrogens with zero attached hydrogens (tertiary/aromatic N) is 2. The molecule has 0 radical (unpaired) electrons. The Kier molecular flexibility index (Phi) is 4.76. The average Bonchev–Trinajstić information content (AvgIpc) is 2.88. The minimum Gasteiger partial charge on any atom is -0.494 e. The average molecular weight is 350 g/mol. The third kappa shape index (κ3) is 3.15. The summed E-state index contributed by atoms with van der Waals surface area (Å²) < 4.78 is 7.40. The summed E-state index contributed by atoms with van der Waals surface area (Å²) in [5.41, 5.74) is 9.31. The maximum absolute atomic E-state index is 6.28. The Labute approximate surface area is 144 Å². The predicted octanol–water partition coefficient (Wildman–Crippen LogP) is 4.21. The summed E-state index contributed by atoms with van der Waals surface area (Å²) in [6.07, 6.45) is 2.50. The Hall–Kier alpha value is -1.75. The van der Waals surface area contributed by atoms with Crippen LogP contribution in [0.5, 0.6) is 5.75 Å². The molecule has 0 aliphatic rings. The lowest BCUT2D eigenvalue weighted by Gasteiger charge is -2.06. The number of imidazole rings is 1. The van der Waals surface area contributed by atoms with E-state index in [1.165, 1.54) is 0 Å². The fraction of sp³-hybridized carbons (Fsp3) is 0.235. The molecular formula is C17H17Cl2N3O. The third-order valence-electron chi connectivity index (χ3n) is 3.56. The van der Waals surface area contributed by atoms with Gasteiger partial charge in [0, 0.05) is 18.2 Å². The normalized spacial score (nSPS) is 11.1. The number of pyridine rings is 1. The van der Waals surface area contributed by atoms with Crippen LogP contribution in [0.15, 0.2) is 36.5 Å². The number of benzene rings is 1. The van der Waals surface area contributed by atoms with E-state index >= 15 is 0 Å². The summed E-state index contributed by atoms with van der Waals surface area (Å²) in [4.78, 5) is 4.69. The summed E-state index contributed by atoms with van der Waals surface area (Å²) in [7, 11) is 0. The fourth-order valence-electron chi connectivity index (χ4n) is 2.60. The summed E-state index contributed by atoms with van der Waals surface area (Å²) in [6.45, 7) is 3.11.